The molecular formula is C8H13N3O. The third kappa shape index (κ3) is 2.02. The Morgan fingerprint density at radius 1 is 1.33 bits per heavy atom. The van der Waals surface area contributed by atoms with Crippen molar-refractivity contribution in [2.75, 3.05) is 11.5 Å². The lowest BCUT2D eigenvalue weighted by molar-refractivity contribution is 0.234. The fraction of sp³-hybridized carbons (Fsp3) is 0.375. The highest BCUT2D eigenvalue weighted by Crippen LogP contribution is 2.20. The highest BCUT2D eigenvalue weighted by Gasteiger charge is 2.03. The van der Waals surface area contributed by atoms with Crippen LogP contribution in [0.1, 0.15) is 13.8 Å². The first-order chi connectivity index (χ1) is 5.59. The van der Waals surface area contributed by atoms with Gasteiger partial charge in [-0.3, -0.25) is 0 Å². The second-order valence-corrected chi connectivity index (χ2v) is 2.80. The van der Waals surface area contributed by atoms with Gasteiger partial charge in [0.15, 0.2) is 0 Å². The molecule has 0 radical (unpaired) electrons. The molecule has 0 saturated carbocycles. The van der Waals surface area contributed by atoms with E-state index >= 15 is 0 Å². The molecule has 0 spiro atoms. The molecule has 1 heterocycles. The molecule has 0 aromatic carbocycles. The number of ether oxygens (including phenoxy) is 1. The predicted octanol–water partition coefficient (Wildman–Crippen LogP) is 1.03. The molecule has 0 amide bonds. The van der Waals surface area contributed by atoms with Gasteiger partial charge in [0.2, 0.25) is 5.88 Å². The normalized spacial score (nSPS) is 10.2. The molecule has 4 N–H and O–H groups in total. The number of nitrogen functional groups attached to an aromatic ring is 2. The maximum Gasteiger partial charge on any atom is 0.239 e. The summed E-state index contributed by atoms with van der Waals surface area (Å²) >= 11 is 0. The van der Waals surface area contributed by atoms with E-state index in [1.165, 1.54) is 0 Å². The molecule has 0 unspecified atom stereocenters. The molecule has 0 aliphatic rings. The molecular weight excluding hydrogens is 154 g/mol. The van der Waals surface area contributed by atoms with E-state index in [9.17, 15) is 0 Å². The maximum absolute atomic E-state index is 5.59. The fourth-order valence-corrected chi connectivity index (χ4v) is 0.783. The number of anilines is 2. The van der Waals surface area contributed by atoms with Crippen molar-refractivity contribution < 1.29 is 4.74 Å². The zero-order valence-electron chi connectivity index (χ0n) is 7.24. The van der Waals surface area contributed by atoms with Crippen LogP contribution in [0.3, 0.4) is 0 Å². The number of rotatable bonds is 2. The summed E-state index contributed by atoms with van der Waals surface area (Å²) in [6.45, 7) is 3.81. The number of aromatic nitrogens is 1. The Hall–Kier alpha value is -1.45. The largest absolute Gasteiger partial charge is 0.473 e. The zero-order chi connectivity index (χ0) is 9.14. The summed E-state index contributed by atoms with van der Waals surface area (Å²) in [5.74, 6) is 0.824. The van der Waals surface area contributed by atoms with Crippen molar-refractivity contribution >= 4 is 11.5 Å². The van der Waals surface area contributed by atoms with E-state index in [4.69, 9.17) is 16.2 Å². The topological polar surface area (TPSA) is 74.2 Å². The van der Waals surface area contributed by atoms with Gasteiger partial charge in [0.25, 0.3) is 0 Å². The van der Waals surface area contributed by atoms with Gasteiger partial charge in [0.05, 0.1) is 11.8 Å². The highest BCUT2D eigenvalue weighted by atomic mass is 16.5. The molecule has 1 aromatic rings. The van der Waals surface area contributed by atoms with Gasteiger partial charge < -0.3 is 16.2 Å². The molecule has 4 nitrogen and oxygen atoms in total. The summed E-state index contributed by atoms with van der Waals surface area (Å²) in [6, 6.07) is 3.32. The minimum Gasteiger partial charge on any atom is -0.473 e. The smallest absolute Gasteiger partial charge is 0.239 e. The lowest BCUT2D eigenvalue weighted by Crippen LogP contribution is -2.09. The van der Waals surface area contributed by atoms with Crippen LogP contribution in [0.2, 0.25) is 0 Å². The van der Waals surface area contributed by atoms with Gasteiger partial charge in [-0.15, -0.1) is 0 Å². The summed E-state index contributed by atoms with van der Waals surface area (Å²) in [7, 11) is 0. The van der Waals surface area contributed by atoms with Gasteiger partial charge in [-0.2, -0.15) is 4.98 Å². The average molecular weight is 167 g/mol. The standard InChI is InChI=1S/C8H13N3O/c1-5(2)12-8-6(9)3-4-7(10)11-8/h3-5H,9H2,1-2H3,(H2,10,11). The van der Waals surface area contributed by atoms with Crippen molar-refractivity contribution in [1.29, 1.82) is 0 Å². The molecule has 0 saturated heterocycles. The molecule has 0 aliphatic heterocycles. The average Bonchev–Trinajstić information content (AvgIpc) is 1.96. The minimum atomic E-state index is 0.0570. The second kappa shape index (κ2) is 3.30. The van der Waals surface area contributed by atoms with Crippen molar-refractivity contribution in [3.8, 4) is 5.88 Å². The number of hydrogen-bond acceptors (Lipinski definition) is 4. The van der Waals surface area contributed by atoms with E-state index in [0.29, 0.717) is 17.4 Å². The Bertz CT molecular complexity index is 273. The van der Waals surface area contributed by atoms with Gasteiger partial charge in [-0.25, -0.2) is 0 Å². The first-order valence-corrected chi connectivity index (χ1v) is 3.78. The summed E-state index contributed by atoms with van der Waals surface area (Å²) in [5, 5.41) is 0. The number of nitrogens with zero attached hydrogens (tertiary/aromatic N) is 1. The van der Waals surface area contributed by atoms with Crippen molar-refractivity contribution in [3.63, 3.8) is 0 Å². The molecule has 0 aliphatic carbocycles. The Morgan fingerprint density at radius 2 is 2.00 bits per heavy atom. The van der Waals surface area contributed by atoms with Crippen LogP contribution >= 0.6 is 0 Å². The predicted molar refractivity (Wildman–Crippen MR) is 48.8 cm³/mol. The molecule has 0 atom stereocenters. The molecule has 12 heavy (non-hydrogen) atoms. The van der Waals surface area contributed by atoms with Gasteiger partial charge in [-0.1, -0.05) is 0 Å². The monoisotopic (exact) mass is 167 g/mol. The Balaban J connectivity index is 2.90. The van der Waals surface area contributed by atoms with Crippen LogP contribution in [-0.4, -0.2) is 11.1 Å². The van der Waals surface area contributed by atoms with E-state index in [-0.39, 0.29) is 6.10 Å². The first kappa shape index (κ1) is 8.64. The fourth-order valence-electron chi connectivity index (χ4n) is 0.783. The zero-order valence-corrected chi connectivity index (χ0v) is 7.24. The van der Waals surface area contributed by atoms with E-state index in [1.54, 1.807) is 12.1 Å². The molecule has 0 fully saturated rings. The molecule has 1 rings (SSSR count). The van der Waals surface area contributed by atoms with Gasteiger partial charge in [0.1, 0.15) is 5.82 Å². The van der Waals surface area contributed by atoms with Crippen molar-refractivity contribution in [1.82, 2.24) is 4.98 Å². The third-order valence-corrected chi connectivity index (χ3v) is 1.26. The van der Waals surface area contributed by atoms with Gasteiger partial charge in [-0.05, 0) is 26.0 Å². The van der Waals surface area contributed by atoms with Crippen LogP contribution in [0.25, 0.3) is 0 Å². The Morgan fingerprint density at radius 3 is 2.58 bits per heavy atom. The second-order valence-electron chi connectivity index (χ2n) is 2.80. The lowest BCUT2D eigenvalue weighted by atomic mass is 10.4. The highest BCUT2D eigenvalue weighted by molar-refractivity contribution is 5.52. The van der Waals surface area contributed by atoms with Crippen LogP contribution in [0, 0.1) is 0 Å². The Kier molecular flexibility index (Phi) is 2.38. The maximum atomic E-state index is 5.59. The Labute approximate surface area is 71.5 Å². The molecule has 1 aromatic heterocycles. The number of nitrogens with two attached hydrogens (primary N) is 2. The van der Waals surface area contributed by atoms with Crippen LogP contribution < -0.4 is 16.2 Å². The molecule has 0 bridgehead atoms. The summed E-state index contributed by atoms with van der Waals surface area (Å²) in [6.07, 6.45) is 0.0570. The van der Waals surface area contributed by atoms with E-state index < -0.39 is 0 Å². The summed E-state index contributed by atoms with van der Waals surface area (Å²) < 4.78 is 5.31. The quantitative estimate of drug-likeness (QED) is 0.690. The number of hydrogen-bond donors (Lipinski definition) is 2. The number of pyridine rings is 1. The van der Waals surface area contributed by atoms with Gasteiger partial charge >= 0.3 is 0 Å². The minimum absolute atomic E-state index is 0.0570. The van der Waals surface area contributed by atoms with Crippen LogP contribution in [0.5, 0.6) is 5.88 Å². The molecule has 66 valence electrons. The third-order valence-electron chi connectivity index (χ3n) is 1.26. The van der Waals surface area contributed by atoms with E-state index in [2.05, 4.69) is 4.98 Å². The lowest BCUT2D eigenvalue weighted by Gasteiger charge is -2.10. The van der Waals surface area contributed by atoms with Crippen LogP contribution in [0.4, 0.5) is 11.5 Å². The van der Waals surface area contributed by atoms with E-state index in [1.807, 2.05) is 13.8 Å². The van der Waals surface area contributed by atoms with Crippen LogP contribution in [0.15, 0.2) is 12.1 Å². The van der Waals surface area contributed by atoms with Crippen LogP contribution in [-0.2, 0) is 0 Å². The van der Waals surface area contributed by atoms with Gasteiger partial charge in [0, 0.05) is 0 Å². The molecule has 4 heteroatoms. The summed E-state index contributed by atoms with van der Waals surface area (Å²) in [5.41, 5.74) is 11.6. The van der Waals surface area contributed by atoms with Crippen molar-refractivity contribution in [3.05, 3.63) is 12.1 Å². The first-order valence-electron chi connectivity index (χ1n) is 3.78. The van der Waals surface area contributed by atoms with Crippen molar-refractivity contribution in [2.45, 2.75) is 20.0 Å². The van der Waals surface area contributed by atoms with Crippen molar-refractivity contribution in [2.24, 2.45) is 0 Å². The SMILES string of the molecule is CC(C)Oc1nc(N)ccc1N. The summed E-state index contributed by atoms with van der Waals surface area (Å²) in [4.78, 5) is 3.94. The van der Waals surface area contributed by atoms with E-state index in [0.717, 1.165) is 0 Å².